The van der Waals surface area contributed by atoms with E-state index in [0.717, 1.165) is 19.3 Å². The van der Waals surface area contributed by atoms with E-state index in [1.807, 2.05) is 6.92 Å². The minimum Gasteiger partial charge on any atom is -0.326 e. The van der Waals surface area contributed by atoms with Crippen LogP contribution in [0.5, 0.6) is 0 Å². The molecule has 0 saturated carbocycles. The SMILES string of the molecule is CC(N)C1CCCCN1S(=O)(=O)c1ccc(Cl)c(Cl)c1.Cl. The molecule has 0 bridgehead atoms. The van der Waals surface area contributed by atoms with E-state index in [-0.39, 0.29) is 34.4 Å². The van der Waals surface area contributed by atoms with Gasteiger partial charge in [-0.2, -0.15) is 4.31 Å². The summed E-state index contributed by atoms with van der Waals surface area (Å²) in [4.78, 5) is 0.166. The summed E-state index contributed by atoms with van der Waals surface area (Å²) in [5.41, 5.74) is 5.93. The predicted molar refractivity (Wildman–Crippen MR) is 88.9 cm³/mol. The van der Waals surface area contributed by atoms with Gasteiger partial charge in [0, 0.05) is 18.6 Å². The zero-order chi connectivity index (χ0) is 14.9. The molecular formula is C13H19Cl3N2O2S. The molecule has 120 valence electrons. The van der Waals surface area contributed by atoms with Crippen molar-refractivity contribution in [2.45, 2.75) is 43.2 Å². The van der Waals surface area contributed by atoms with Gasteiger partial charge >= 0.3 is 0 Å². The molecular weight excluding hydrogens is 355 g/mol. The maximum absolute atomic E-state index is 12.7. The molecule has 0 spiro atoms. The summed E-state index contributed by atoms with van der Waals surface area (Å²) in [6.45, 7) is 2.34. The zero-order valence-corrected chi connectivity index (χ0v) is 14.8. The van der Waals surface area contributed by atoms with Crippen molar-refractivity contribution in [3.63, 3.8) is 0 Å². The molecule has 2 rings (SSSR count). The van der Waals surface area contributed by atoms with E-state index in [4.69, 9.17) is 28.9 Å². The van der Waals surface area contributed by atoms with E-state index in [1.165, 1.54) is 22.5 Å². The molecule has 0 amide bonds. The van der Waals surface area contributed by atoms with Gasteiger partial charge in [0.05, 0.1) is 14.9 Å². The van der Waals surface area contributed by atoms with Crippen molar-refractivity contribution in [2.75, 3.05) is 6.54 Å². The quantitative estimate of drug-likeness (QED) is 0.884. The molecule has 1 saturated heterocycles. The van der Waals surface area contributed by atoms with Crippen molar-refractivity contribution < 1.29 is 8.42 Å². The Hall–Kier alpha value is -0.0400. The van der Waals surface area contributed by atoms with Gasteiger partial charge in [-0.05, 0) is 38.0 Å². The second-order valence-corrected chi connectivity index (χ2v) is 7.82. The molecule has 1 heterocycles. The largest absolute Gasteiger partial charge is 0.326 e. The maximum Gasteiger partial charge on any atom is 0.243 e. The van der Waals surface area contributed by atoms with E-state index in [2.05, 4.69) is 0 Å². The van der Waals surface area contributed by atoms with Gasteiger partial charge in [-0.1, -0.05) is 29.6 Å². The van der Waals surface area contributed by atoms with E-state index in [9.17, 15) is 8.42 Å². The Labute approximate surface area is 142 Å². The highest BCUT2D eigenvalue weighted by atomic mass is 35.5. The highest BCUT2D eigenvalue weighted by molar-refractivity contribution is 7.89. The molecule has 2 atom stereocenters. The molecule has 4 nitrogen and oxygen atoms in total. The average Bonchev–Trinajstić information content (AvgIpc) is 2.41. The summed E-state index contributed by atoms with van der Waals surface area (Å²) in [7, 11) is -3.59. The van der Waals surface area contributed by atoms with Crippen molar-refractivity contribution in [1.29, 1.82) is 0 Å². The lowest BCUT2D eigenvalue weighted by Gasteiger charge is -2.36. The molecule has 1 aliphatic heterocycles. The Kier molecular flexibility index (Phi) is 6.78. The van der Waals surface area contributed by atoms with Gasteiger partial charge in [-0.15, -0.1) is 12.4 Å². The molecule has 1 fully saturated rings. The number of nitrogens with two attached hydrogens (primary N) is 1. The average molecular weight is 374 g/mol. The summed E-state index contributed by atoms with van der Waals surface area (Å²) in [5, 5.41) is 0.579. The van der Waals surface area contributed by atoms with Crippen LogP contribution >= 0.6 is 35.6 Å². The highest BCUT2D eigenvalue weighted by Gasteiger charge is 2.35. The standard InChI is InChI=1S/C13H18Cl2N2O2S.ClH/c1-9(16)13-4-2-3-7-17(13)20(18,19)10-5-6-11(14)12(15)8-10;/h5-6,8-9,13H,2-4,7,16H2,1H3;1H. The first kappa shape index (κ1) is 19.0. The van der Waals surface area contributed by atoms with Crippen LogP contribution in [0.1, 0.15) is 26.2 Å². The Morgan fingerprint density at radius 3 is 2.52 bits per heavy atom. The number of rotatable bonds is 3. The van der Waals surface area contributed by atoms with Crippen LogP contribution in [-0.2, 0) is 10.0 Å². The lowest BCUT2D eigenvalue weighted by Crippen LogP contribution is -2.51. The monoisotopic (exact) mass is 372 g/mol. The number of hydrogen-bond donors (Lipinski definition) is 1. The van der Waals surface area contributed by atoms with Gasteiger partial charge in [0.15, 0.2) is 0 Å². The third-order valence-corrected chi connectivity index (χ3v) is 6.26. The fraction of sp³-hybridized carbons (Fsp3) is 0.538. The molecule has 2 unspecified atom stereocenters. The summed E-state index contributed by atoms with van der Waals surface area (Å²) >= 11 is 11.8. The fourth-order valence-electron chi connectivity index (χ4n) is 2.53. The van der Waals surface area contributed by atoms with Gasteiger partial charge < -0.3 is 5.73 Å². The summed E-state index contributed by atoms with van der Waals surface area (Å²) < 4.78 is 27.0. The van der Waals surface area contributed by atoms with Crippen molar-refractivity contribution >= 4 is 45.6 Å². The van der Waals surface area contributed by atoms with Crippen LogP contribution in [0.3, 0.4) is 0 Å². The number of benzene rings is 1. The lowest BCUT2D eigenvalue weighted by molar-refractivity contribution is 0.227. The van der Waals surface area contributed by atoms with E-state index in [0.29, 0.717) is 11.6 Å². The normalized spacial score (nSPS) is 21.6. The van der Waals surface area contributed by atoms with Gasteiger partial charge in [0.1, 0.15) is 0 Å². The predicted octanol–water partition coefficient (Wildman–Crippen LogP) is 3.31. The molecule has 0 aliphatic carbocycles. The topological polar surface area (TPSA) is 63.4 Å². The molecule has 8 heteroatoms. The first-order valence-electron chi connectivity index (χ1n) is 6.56. The van der Waals surface area contributed by atoms with E-state index in [1.54, 1.807) is 0 Å². The highest BCUT2D eigenvalue weighted by Crippen LogP contribution is 2.30. The van der Waals surface area contributed by atoms with Gasteiger partial charge in [0.25, 0.3) is 0 Å². The van der Waals surface area contributed by atoms with Crippen LogP contribution in [0.15, 0.2) is 23.1 Å². The second kappa shape index (κ2) is 7.49. The summed E-state index contributed by atoms with van der Waals surface area (Å²) in [6.07, 6.45) is 2.64. The molecule has 2 N–H and O–H groups in total. The number of halogens is 3. The smallest absolute Gasteiger partial charge is 0.243 e. The lowest BCUT2D eigenvalue weighted by atomic mass is 10.00. The molecule has 21 heavy (non-hydrogen) atoms. The Bertz CT molecular complexity index is 593. The van der Waals surface area contributed by atoms with E-state index < -0.39 is 10.0 Å². The number of hydrogen-bond acceptors (Lipinski definition) is 3. The van der Waals surface area contributed by atoms with Crippen LogP contribution in [0.2, 0.25) is 10.0 Å². The molecule has 1 aliphatic rings. The van der Waals surface area contributed by atoms with Crippen molar-refractivity contribution in [1.82, 2.24) is 4.31 Å². The third-order valence-electron chi connectivity index (χ3n) is 3.60. The van der Waals surface area contributed by atoms with E-state index >= 15 is 0 Å². The van der Waals surface area contributed by atoms with Gasteiger partial charge in [-0.3, -0.25) is 0 Å². The minimum atomic E-state index is -3.59. The van der Waals surface area contributed by atoms with Crippen LogP contribution in [0.25, 0.3) is 0 Å². The second-order valence-electron chi connectivity index (χ2n) is 5.11. The molecule has 0 aromatic heterocycles. The Morgan fingerprint density at radius 2 is 1.95 bits per heavy atom. The summed E-state index contributed by atoms with van der Waals surface area (Å²) in [5.74, 6) is 0. The fourth-order valence-corrected chi connectivity index (χ4v) is 4.69. The van der Waals surface area contributed by atoms with Crippen molar-refractivity contribution in [3.8, 4) is 0 Å². The first-order chi connectivity index (χ1) is 9.34. The zero-order valence-electron chi connectivity index (χ0n) is 11.6. The molecule has 1 aromatic carbocycles. The number of piperidine rings is 1. The summed E-state index contributed by atoms with van der Waals surface area (Å²) in [6, 6.07) is 4.01. The molecule has 0 radical (unpaired) electrons. The number of nitrogens with zero attached hydrogens (tertiary/aromatic N) is 1. The van der Waals surface area contributed by atoms with Crippen LogP contribution < -0.4 is 5.73 Å². The molecule has 1 aromatic rings. The third kappa shape index (κ3) is 4.03. The van der Waals surface area contributed by atoms with Crippen LogP contribution in [0, 0.1) is 0 Å². The maximum atomic E-state index is 12.7. The van der Waals surface area contributed by atoms with Gasteiger partial charge in [0.2, 0.25) is 10.0 Å². The first-order valence-corrected chi connectivity index (χ1v) is 8.76. The number of sulfonamides is 1. The van der Waals surface area contributed by atoms with Crippen molar-refractivity contribution in [2.24, 2.45) is 5.73 Å². The van der Waals surface area contributed by atoms with Gasteiger partial charge in [-0.25, -0.2) is 8.42 Å². The van der Waals surface area contributed by atoms with Crippen LogP contribution in [-0.4, -0.2) is 31.4 Å². The minimum absolute atomic E-state index is 0. The Morgan fingerprint density at radius 1 is 1.29 bits per heavy atom. The Balaban J connectivity index is 0.00000220. The van der Waals surface area contributed by atoms with Crippen molar-refractivity contribution in [3.05, 3.63) is 28.2 Å². The van der Waals surface area contributed by atoms with Crippen LogP contribution in [0.4, 0.5) is 0 Å².